The smallest absolute Gasteiger partial charge is 0.203 e. The third kappa shape index (κ3) is 4.42. The van der Waals surface area contributed by atoms with E-state index in [1.807, 2.05) is 12.1 Å². The fourth-order valence-electron chi connectivity index (χ4n) is 2.51. The average Bonchev–Trinajstić information content (AvgIpc) is 3.04. The minimum atomic E-state index is 0.399. The number of rotatable bonds is 8. The van der Waals surface area contributed by atoms with Crippen LogP contribution in [0.3, 0.4) is 0 Å². The van der Waals surface area contributed by atoms with E-state index in [1.165, 1.54) is 6.42 Å². The Morgan fingerprint density at radius 2 is 1.95 bits per heavy atom. The summed E-state index contributed by atoms with van der Waals surface area (Å²) in [5.41, 5.74) is 0.942. The molecule has 5 heteroatoms. The zero-order valence-corrected chi connectivity index (χ0v) is 13.4. The largest absolute Gasteiger partial charge is 0.493 e. The minimum absolute atomic E-state index is 0.399. The SMILES string of the molecule is COc1cc(CCl)cc(OC)c1OCCCC1CCCO1. The van der Waals surface area contributed by atoms with Crippen LogP contribution >= 0.6 is 11.6 Å². The molecule has 21 heavy (non-hydrogen) atoms. The quantitative estimate of drug-likeness (QED) is 0.540. The van der Waals surface area contributed by atoms with E-state index in [1.54, 1.807) is 14.2 Å². The van der Waals surface area contributed by atoms with Gasteiger partial charge in [0.25, 0.3) is 0 Å². The predicted molar refractivity (Wildman–Crippen MR) is 82.8 cm³/mol. The van der Waals surface area contributed by atoms with Crippen molar-refractivity contribution in [1.82, 2.24) is 0 Å². The van der Waals surface area contributed by atoms with Gasteiger partial charge in [-0.15, -0.1) is 11.6 Å². The number of benzene rings is 1. The number of methoxy groups -OCH3 is 2. The van der Waals surface area contributed by atoms with Crippen LogP contribution in [-0.2, 0) is 10.6 Å². The fraction of sp³-hybridized carbons (Fsp3) is 0.625. The number of halogens is 1. The first-order chi connectivity index (χ1) is 10.3. The first-order valence-corrected chi connectivity index (χ1v) is 7.87. The molecule has 1 aromatic carbocycles. The van der Waals surface area contributed by atoms with Crippen molar-refractivity contribution in [2.45, 2.75) is 37.7 Å². The second-order valence-electron chi connectivity index (χ2n) is 5.09. The molecule has 2 rings (SSSR count). The van der Waals surface area contributed by atoms with E-state index in [4.69, 9.17) is 30.5 Å². The van der Waals surface area contributed by atoms with Crippen LogP contribution in [0, 0.1) is 0 Å². The number of hydrogen-bond donors (Lipinski definition) is 0. The molecule has 0 amide bonds. The van der Waals surface area contributed by atoms with Crippen molar-refractivity contribution in [3.05, 3.63) is 17.7 Å². The van der Waals surface area contributed by atoms with Gasteiger partial charge >= 0.3 is 0 Å². The number of alkyl halides is 1. The normalized spacial score (nSPS) is 17.8. The monoisotopic (exact) mass is 314 g/mol. The molecule has 0 bridgehead atoms. The second-order valence-corrected chi connectivity index (χ2v) is 5.36. The van der Waals surface area contributed by atoms with Crippen molar-refractivity contribution in [1.29, 1.82) is 0 Å². The van der Waals surface area contributed by atoms with Crippen LogP contribution in [0.2, 0.25) is 0 Å². The van der Waals surface area contributed by atoms with Crippen LogP contribution in [-0.4, -0.2) is 33.5 Å². The molecule has 0 radical (unpaired) electrons. The maximum Gasteiger partial charge on any atom is 0.203 e. The summed E-state index contributed by atoms with van der Waals surface area (Å²) in [5.74, 6) is 2.36. The zero-order chi connectivity index (χ0) is 15.1. The molecule has 1 heterocycles. The molecule has 1 atom stereocenters. The molecule has 1 aliphatic rings. The van der Waals surface area contributed by atoms with E-state index in [-0.39, 0.29) is 0 Å². The van der Waals surface area contributed by atoms with E-state index in [0.29, 0.717) is 35.8 Å². The Balaban J connectivity index is 1.94. The lowest BCUT2D eigenvalue weighted by Gasteiger charge is -2.16. The molecule has 1 fully saturated rings. The Morgan fingerprint density at radius 3 is 2.48 bits per heavy atom. The lowest BCUT2D eigenvalue weighted by atomic mass is 10.1. The van der Waals surface area contributed by atoms with Crippen molar-refractivity contribution in [2.75, 3.05) is 27.4 Å². The van der Waals surface area contributed by atoms with Gasteiger partial charge in [-0.3, -0.25) is 0 Å². The van der Waals surface area contributed by atoms with Gasteiger partial charge in [0, 0.05) is 12.5 Å². The highest BCUT2D eigenvalue weighted by atomic mass is 35.5. The van der Waals surface area contributed by atoms with Crippen molar-refractivity contribution in [3.63, 3.8) is 0 Å². The maximum atomic E-state index is 5.87. The van der Waals surface area contributed by atoms with E-state index < -0.39 is 0 Å². The summed E-state index contributed by atoms with van der Waals surface area (Å²) < 4.78 is 22.2. The Kier molecular flexibility index (Phi) is 6.46. The lowest BCUT2D eigenvalue weighted by Crippen LogP contribution is -2.08. The minimum Gasteiger partial charge on any atom is -0.493 e. The number of ether oxygens (including phenoxy) is 4. The summed E-state index contributed by atoms with van der Waals surface area (Å²) in [6.07, 6.45) is 4.72. The lowest BCUT2D eigenvalue weighted by molar-refractivity contribution is 0.0978. The van der Waals surface area contributed by atoms with Gasteiger partial charge in [0.05, 0.1) is 26.9 Å². The molecule has 0 saturated carbocycles. The highest BCUT2D eigenvalue weighted by Crippen LogP contribution is 2.39. The topological polar surface area (TPSA) is 36.9 Å². The number of hydrogen-bond acceptors (Lipinski definition) is 4. The van der Waals surface area contributed by atoms with Gasteiger partial charge in [0.2, 0.25) is 5.75 Å². The summed E-state index contributed by atoms with van der Waals surface area (Å²) in [4.78, 5) is 0. The van der Waals surface area contributed by atoms with Crippen LogP contribution in [0.5, 0.6) is 17.2 Å². The molecule has 0 aliphatic carbocycles. The van der Waals surface area contributed by atoms with Crippen molar-refractivity contribution < 1.29 is 18.9 Å². The first-order valence-electron chi connectivity index (χ1n) is 7.33. The van der Waals surface area contributed by atoms with Gasteiger partial charge in [-0.2, -0.15) is 0 Å². The molecular formula is C16H23ClO4. The summed E-state index contributed by atoms with van der Waals surface area (Å²) in [7, 11) is 3.23. The molecule has 0 spiro atoms. The van der Waals surface area contributed by atoms with Crippen LogP contribution in [0.15, 0.2) is 12.1 Å². The van der Waals surface area contributed by atoms with Crippen molar-refractivity contribution in [2.24, 2.45) is 0 Å². The first kappa shape index (κ1) is 16.2. The van der Waals surface area contributed by atoms with Crippen LogP contribution in [0.25, 0.3) is 0 Å². The molecule has 0 aromatic heterocycles. The zero-order valence-electron chi connectivity index (χ0n) is 12.7. The Labute approximate surface area is 131 Å². The molecular weight excluding hydrogens is 292 g/mol. The van der Waals surface area contributed by atoms with Gasteiger partial charge in [-0.05, 0) is 43.4 Å². The van der Waals surface area contributed by atoms with E-state index >= 15 is 0 Å². The molecule has 0 N–H and O–H groups in total. The van der Waals surface area contributed by atoms with Gasteiger partial charge in [0.15, 0.2) is 11.5 Å². The third-order valence-corrected chi connectivity index (χ3v) is 3.92. The molecule has 1 aromatic rings. The van der Waals surface area contributed by atoms with Crippen LogP contribution in [0.1, 0.15) is 31.2 Å². The van der Waals surface area contributed by atoms with E-state index in [2.05, 4.69) is 0 Å². The fourth-order valence-corrected chi connectivity index (χ4v) is 2.67. The molecule has 1 unspecified atom stereocenters. The summed E-state index contributed by atoms with van der Waals surface area (Å²) in [5, 5.41) is 0. The van der Waals surface area contributed by atoms with Gasteiger partial charge < -0.3 is 18.9 Å². The summed E-state index contributed by atoms with van der Waals surface area (Å²) >= 11 is 5.87. The maximum absolute atomic E-state index is 5.87. The molecule has 1 saturated heterocycles. The molecule has 118 valence electrons. The van der Waals surface area contributed by atoms with Gasteiger partial charge in [-0.25, -0.2) is 0 Å². The Bertz CT molecular complexity index is 419. The molecule has 1 aliphatic heterocycles. The third-order valence-electron chi connectivity index (χ3n) is 3.62. The van der Waals surface area contributed by atoms with Gasteiger partial charge in [0.1, 0.15) is 0 Å². The van der Waals surface area contributed by atoms with E-state index in [0.717, 1.165) is 31.4 Å². The summed E-state index contributed by atoms with van der Waals surface area (Å²) in [6, 6.07) is 3.76. The predicted octanol–water partition coefficient (Wildman–Crippen LogP) is 3.78. The molecule has 4 nitrogen and oxygen atoms in total. The van der Waals surface area contributed by atoms with E-state index in [9.17, 15) is 0 Å². The van der Waals surface area contributed by atoms with Gasteiger partial charge in [-0.1, -0.05) is 0 Å². The summed E-state index contributed by atoms with van der Waals surface area (Å²) in [6.45, 7) is 1.51. The van der Waals surface area contributed by atoms with Crippen molar-refractivity contribution in [3.8, 4) is 17.2 Å². The second kappa shape index (κ2) is 8.35. The van der Waals surface area contributed by atoms with Crippen molar-refractivity contribution >= 4 is 11.6 Å². The Morgan fingerprint density at radius 1 is 1.24 bits per heavy atom. The Hall–Kier alpha value is -1.13. The average molecular weight is 315 g/mol. The van der Waals surface area contributed by atoms with Crippen LogP contribution < -0.4 is 14.2 Å². The standard InChI is InChI=1S/C16H23ClO4/c1-18-14-9-12(11-17)10-15(19-2)16(14)21-8-4-6-13-5-3-7-20-13/h9-10,13H,3-8,11H2,1-2H3. The van der Waals surface area contributed by atoms with Crippen LogP contribution in [0.4, 0.5) is 0 Å². The highest BCUT2D eigenvalue weighted by Gasteiger charge is 2.16. The highest BCUT2D eigenvalue weighted by molar-refractivity contribution is 6.17.